The summed E-state index contributed by atoms with van der Waals surface area (Å²) in [5, 5.41) is 6.18. The van der Waals surface area contributed by atoms with Crippen LogP contribution >= 0.6 is 0 Å². The van der Waals surface area contributed by atoms with Gasteiger partial charge in [-0.05, 0) is 44.0 Å². The Labute approximate surface area is 108 Å². The maximum Gasteiger partial charge on any atom is 0.241 e. The van der Waals surface area contributed by atoms with Crippen LogP contribution in [0.3, 0.4) is 0 Å². The highest BCUT2D eigenvalue weighted by atomic mass is 16.2. The van der Waals surface area contributed by atoms with Crippen LogP contribution in [0.5, 0.6) is 0 Å². The molecule has 2 rings (SSSR count). The van der Waals surface area contributed by atoms with E-state index in [1.165, 1.54) is 5.56 Å². The first-order chi connectivity index (χ1) is 8.58. The molecule has 1 amide bonds. The minimum atomic E-state index is -0.0332. The third-order valence-corrected chi connectivity index (χ3v) is 3.34. The molecule has 1 heterocycles. The van der Waals surface area contributed by atoms with Crippen LogP contribution in [0, 0.1) is 6.92 Å². The lowest BCUT2D eigenvalue weighted by atomic mass is 10.1. The van der Waals surface area contributed by atoms with E-state index in [0.717, 1.165) is 30.8 Å². The van der Waals surface area contributed by atoms with Gasteiger partial charge in [-0.2, -0.15) is 0 Å². The normalized spacial score (nSPS) is 18.7. The van der Waals surface area contributed by atoms with Crippen molar-refractivity contribution in [2.75, 3.05) is 30.9 Å². The number of hydrogen-bond donors (Lipinski definition) is 2. The fraction of sp³-hybridized carbons (Fsp3) is 0.500. The Kier molecular flexibility index (Phi) is 3.87. The van der Waals surface area contributed by atoms with Gasteiger partial charge in [0.15, 0.2) is 0 Å². The molecule has 1 aliphatic rings. The summed E-state index contributed by atoms with van der Waals surface area (Å²) in [4.78, 5) is 14.0. The average molecular weight is 247 g/mol. The molecule has 1 aliphatic heterocycles. The van der Waals surface area contributed by atoms with E-state index in [-0.39, 0.29) is 11.9 Å². The minimum absolute atomic E-state index is 0.0332. The Balaban J connectivity index is 2.09. The first-order valence-corrected chi connectivity index (χ1v) is 6.40. The van der Waals surface area contributed by atoms with Gasteiger partial charge in [-0.3, -0.25) is 4.79 Å². The number of nitrogens with one attached hydrogen (secondary N) is 2. The van der Waals surface area contributed by atoms with E-state index in [2.05, 4.69) is 22.5 Å². The largest absolute Gasteiger partial charge is 0.377 e. The summed E-state index contributed by atoms with van der Waals surface area (Å²) in [6, 6.07) is 5.97. The molecular weight excluding hydrogens is 226 g/mol. The third-order valence-electron chi connectivity index (χ3n) is 3.34. The topological polar surface area (TPSA) is 44.4 Å². The predicted octanol–water partition coefficient (Wildman–Crippen LogP) is 1.75. The summed E-state index contributed by atoms with van der Waals surface area (Å²) < 4.78 is 0. The summed E-state index contributed by atoms with van der Waals surface area (Å²) in [5.41, 5.74) is 3.20. The molecule has 1 atom stereocenters. The maximum atomic E-state index is 12.0. The summed E-state index contributed by atoms with van der Waals surface area (Å²) >= 11 is 0. The van der Waals surface area contributed by atoms with Gasteiger partial charge in [0.25, 0.3) is 0 Å². The molecule has 0 unspecified atom stereocenters. The third kappa shape index (κ3) is 2.82. The van der Waals surface area contributed by atoms with Crippen LogP contribution in [-0.2, 0) is 4.79 Å². The van der Waals surface area contributed by atoms with Gasteiger partial charge in [0.2, 0.25) is 5.91 Å². The lowest BCUT2D eigenvalue weighted by Gasteiger charge is -2.18. The second-order valence-corrected chi connectivity index (χ2v) is 5.03. The predicted molar refractivity (Wildman–Crippen MR) is 75.2 cm³/mol. The molecule has 2 N–H and O–H groups in total. The maximum absolute atomic E-state index is 12.0. The van der Waals surface area contributed by atoms with Crippen molar-refractivity contribution >= 4 is 17.3 Å². The molecule has 98 valence electrons. The quantitative estimate of drug-likeness (QED) is 0.855. The number of aryl methyl sites for hydroxylation is 1. The lowest BCUT2D eigenvalue weighted by molar-refractivity contribution is -0.117. The van der Waals surface area contributed by atoms with Gasteiger partial charge in [-0.1, -0.05) is 6.07 Å². The fourth-order valence-corrected chi connectivity index (χ4v) is 2.31. The van der Waals surface area contributed by atoms with Crippen LogP contribution in [0.4, 0.5) is 11.4 Å². The van der Waals surface area contributed by atoms with E-state index < -0.39 is 0 Å². The SMILES string of the molecule is Cc1ccc(NC(=O)[C@H]2CCCN2)cc1N(C)C. The van der Waals surface area contributed by atoms with Crippen molar-refractivity contribution in [2.24, 2.45) is 0 Å². The summed E-state index contributed by atoms with van der Waals surface area (Å²) in [7, 11) is 4.01. The first-order valence-electron chi connectivity index (χ1n) is 6.40. The molecule has 4 heteroatoms. The highest BCUT2D eigenvalue weighted by Gasteiger charge is 2.21. The van der Waals surface area contributed by atoms with Gasteiger partial charge in [0.1, 0.15) is 0 Å². The van der Waals surface area contributed by atoms with Crippen molar-refractivity contribution < 1.29 is 4.79 Å². The number of carbonyl (C=O) groups is 1. The second-order valence-electron chi connectivity index (χ2n) is 5.03. The van der Waals surface area contributed by atoms with Gasteiger partial charge in [0.05, 0.1) is 6.04 Å². The number of rotatable bonds is 3. The number of anilines is 2. The van der Waals surface area contributed by atoms with Crippen LogP contribution in [0.2, 0.25) is 0 Å². The van der Waals surface area contributed by atoms with Crippen LogP contribution in [0.25, 0.3) is 0 Å². The lowest BCUT2D eigenvalue weighted by Crippen LogP contribution is -2.35. The minimum Gasteiger partial charge on any atom is -0.377 e. The fourth-order valence-electron chi connectivity index (χ4n) is 2.31. The van der Waals surface area contributed by atoms with E-state index >= 15 is 0 Å². The summed E-state index contributed by atoms with van der Waals surface area (Å²) in [5.74, 6) is 0.0704. The number of hydrogen-bond acceptors (Lipinski definition) is 3. The molecule has 0 bridgehead atoms. The average Bonchev–Trinajstić information content (AvgIpc) is 2.85. The number of nitrogens with zero attached hydrogens (tertiary/aromatic N) is 1. The number of amides is 1. The summed E-state index contributed by atoms with van der Waals surface area (Å²) in [6.45, 7) is 3.01. The van der Waals surface area contributed by atoms with Crippen LogP contribution in [0.15, 0.2) is 18.2 Å². The molecule has 18 heavy (non-hydrogen) atoms. The molecule has 1 saturated heterocycles. The number of benzene rings is 1. The van der Waals surface area contributed by atoms with Crippen molar-refractivity contribution in [3.8, 4) is 0 Å². The Morgan fingerprint density at radius 3 is 2.83 bits per heavy atom. The molecule has 1 aromatic rings. The van der Waals surface area contributed by atoms with E-state index in [0.29, 0.717) is 0 Å². The molecule has 0 spiro atoms. The second kappa shape index (κ2) is 5.40. The van der Waals surface area contributed by atoms with Crippen LogP contribution < -0.4 is 15.5 Å². The Morgan fingerprint density at radius 2 is 2.22 bits per heavy atom. The smallest absolute Gasteiger partial charge is 0.241 e. The van der Waals surface area contributed by atoms with Gasteiger partial charge >= 0.3 is 0 Å². The van der Waals surface area contributed by atoms with Crippen LogP contribution in [0.1, 0.15) is 18.4 Å². The van der Waals surface area contributed by atoms with Gasteiger partial charge in [-0.25, -0.2) is 0 Å². The van der Waals surface area contributed by atoms with Crippen molar-refractivity contribution in [3.63, 3.8) is 0 Å². The van der Waals surface area contributed by atoms with Gasteiger partial charge < -0.3 is 15.5 Å². The van der Waals surface area contributed by atoms with Crippen molar-refractivity contribution in [2.45, 2.75) is 25.8 Å². The molecule has 0 aromatic heterocycles. The highest BCUT2D eigenvalue weighted by molar-refractivity contribution is 5.95. The Bertz CT molecular complexity index is 437. The molecular formula is C14H21N3O. The van der Waals surface area contributed by atoms with Gasteiger partial charge in [0, 0.05) is 25.5 Å². The molecule has 0 saturated carbocycles. The molecule has 4 nitrogen and oxygen atoms in total. The Hall–Kier alpha value is -1.55. The first kappa shape index (κ1) is 12.9. The van der Waals surface area contributed by atoms with Crippen LogP contribution in [-0.4, -0.2) is 32.6 Å². The number of carbonyl (C=O) groups excluding carboxylic acids is 1. The standard InChI is InChI=1S/C14H21N3O/c1-10-6-7-11(9-13(10)17(2)3)16-14(18)12-5-4-8-15-12/h6-7,9,12,15H,4-5,8H2,1-3H3,(H,16,18)/t12-/m1/s1. The van der Waals surface area contributed by atoms with Crippen molar-refractivity contribution in [3.05, 3.63) is 23.8 Å². The van der Waals surface area contributed by atoms with Crippen molar-refractivity contribution in [1.29, 1.82) is 0 Å². The van der Waals surface area contributed by atoms with E-state index in [1.54, 1.807) is 0 Å². The molecule has 0 aliphatic carbocycles. The van der Waals surface area contributed by atoms with Crippen molar-refractivity contribution in [1.82, 2.24) is 5.32 Å². The molecule has 1 fully saturated rings. The zero-order valence-corrected chi connectivity index (χ0v) is 11.3. The van der Waals surface area contributed by atoms with E-state index in [1.807, 2.05) is 32.3 Å². The molecule has 0 radical (unpaired) electrons. The van der Waals surface area contributed by atoms with Gasteiger partial charge in [-0.15, -0.1) is 0 Å². The molecule has 1 aromatic carbocycles. The monoisotopic (exact) mass is 247 g/mol. The zero-order valence-electron chi connectivity index (χ0n) is 11.3. The van der Waals surface area contributed by atoms with E-state index in [9.17, 15) is 4.79 Å². The summed E-state index contributed by atoms with van der Waals surface area (Å²) in [6.07, 6.45) is 2.01. The zero-order chi connectivity index (χ0) is 13.1. The highest BCUT2D eigenvalue weighted by Crippen LogP contribution is 2.22. The Morgan fingerprint density at radius 1 is 1.44 bits per heavy atom. The van der Waals surface area contributed by atoms with E-state index in [4.69, 9.17) is 0 Å².